The second-order valence-corrected chi connectivity index (χ2v) is 5.78. The van der Waals surface area contributed by atoms with Gasteiger partial charge in [0, 0.05) is 5.56 Å². The fourth-order valence-electron chi connectivity index (χ4n) is 3.02. The molecule has 2 aromatic heterocycles. The molecular weight excluding hydrogens is 314 g/mol. The van der Waals surface area contributed by atoms with Crippen LogP contribution in [0.5, 0.6) is 0 Å². The molecular formula is C21H15NO3. The smallest absolute Gasteiger partial charge is 0.261 e. The van der Waals surface area contributed by atoms with Gasteiger partial charge in [-0.25, -0.2) is 4.57 Å². The lowest BCUT2D eigenvalue weighted by atomic mass is 10.1. The van der Waals surface area contributed by atoms with Crippen LogP contribution < -0.4 is 11.0 Å². The normalized spacial score (nSPS) is 11.0. The van der Waals surface area contributed by atoms with Crippen molar-refractivity contribution in [3.63, 3.8) is 0 Å². The van der Waals surface area contributed by atoms with Gasteiger partial charge in [0.15, 0.2) is 0 Å². The molecule has 2 aromatic carbocycles. The van der Waals surface area contributed by atoms with E-state index in [0.29, 0.717) is 34.0 Å². The molecule has 0 atom stereocenters. The predicted molar refractivity (Wildman–Crippen MR) is 99.5 cm³/mol. The zero-order valence-electron chi connectivity index (χ0n) is 13.4. The van der Waals surface area contributed by atoms with Gasteiger partial charge in [-0.1, -0.05) is 36.4 Å². The van der Waals surface area contributed by atoms with Crippen LogP contribution in [0.3, 0.4) is 0 Å². The molecule has 0 amide bonds. The lowest BCUT2D eigenvalue weighted by molar-refractivity contribution is 0.626. The number of nitrogens with zero attached hydrogens (tertiary/aromatic N) is 1. The van der Waals surface area contributed by atoms with Crippen LogP contribution in [0.25, 0.3) is 27.8 Å². The Balaban J connectivity index is 2.25. The summed E-state index contributed by atoms with van der Waals surface area (Å²) in [6, 6.07) is 17.9. The Kier molecular flexibility index (Phi) is 3.58. The Hall–Kier alpha value is -3.40. The molecule has 4 aromatic rings. The van der Waals surface area contributed by atoms with Crippen molar-refractivity contribution in [2.45, 2.75) is 6.42 Å². The number of hydrogen-bond donors (Lipinski definition) is 0. The Morgan fingerprint density at radius 2 is 1.68 bits per heavy atom. The number of hydrogen-bond acceptors (Lipinski definition) is 3. The standard InChI is InChI=1S/C21H15NO3/c1-2-8-14-13-17-19(23)16-11-6-7-12-18(16)25-21(17)22(20(14)24)15-9-4-3-5-10-15/h2-7,9-13H,1,8H2. The first-order valence-corrected chi connectivity index (χ1v) is 7.97. The molecule has 0 bridgehead atoms. The fourth-order valence-corrected chi connectivity index (χ4v) is 3.02. The number of allylic oxidation sites excluding steroid dienone is 1. The summed E-state index contributed by atoms with van der Waals surface area (Å²) >= 11 is 0. The van der Waals surface area contributed by atoms with E-state index >= 15 is 0 Å². The minimum absolute atomic E-state index is 0.146. The van der Waals surface area contributed by atoms with Crippen LogP contribution in [0.1, 0.15) is 5.56 Å². The molecule has 0 aliphatic carbocycles. The van der Waals surface area contributed by atoms with E-state index in [1.54, 1.807) is 36.4 Å². The second kappa shape index (κ2) is 5.91. The third kappa shape index (κ3) is 2.39. The van der Waals surface area contributed by atoms with Crippen molar-refractivity contribution < 1.29 is 4.42 Å². The molecule has 0 aliphatic rings. The highest BCUT2D eigenvalue weighted by Crippen LogP contribution is 2.21. The van der Waals surface area contributed by atoms with Crippen molar-refractivity contribution in [2.75, 3.05) is 0 Å². The fraction of sp³-hybridized carbons (Fsp3) is 0.0476. The van der Waals surface area contributed by atoms with Crippen LogP contribution in [0, 0.1) is 0 Å². The van der Waals surface area contributed by atoms with E-state index in [9.17, 15) is 9.59 Å². The van der Waals surface area contributed by atoms with Gasteiger partial charge in [-0.05, 0) is 36.8 Å². The number of pyridine rings is 1. The highest BCUT2D eigenvalue weighted by molar-refractivity contribution is 5.89. The molecule has 0 fully saturated rings. The molecule has 25 heavy (non-hydrogen) atoms. The number of fused-ring (bicyclic) bond motifs is 2. The van der Waals surface area contributed by atoms with Crippen molar-refractivity contribution in [2.24, 2.45) is 0 Å². The Morgan fingerprint density at radius 1 is 0.960 bits per heavy atom. The summed E-state index contributed by atoms with van der Waals surface area (Å²) in [6.07, 6.45) is 2.04. The maximum absolute atomic E-state index is 13.0. The monoisotopic (exact) mass is 329 g/mol. The topological polar surface area (TPSA) is 52.2 Å². The third-order valence-electron chi connectivity index (χ3n) is 4.19. The first-order valence-electron chi connectivity index (χ1n) is 7.97. The van der Waals surface area contributed by atoms with Gasteiger partial charge in [-0.15, -0.1) is 6.58 Å². The summed E-state index contributed by atoms with van der Waals surface area (Å²) in [5.41, 5.74) is 1.52. The maximum atomic E-state index is 13.0. The summed E-state index contributed by atoms with van der Waals surface area (Å²) < 4.78 is 7.42. The van der Waals surface area contributed by atoms with Crippen molar-refractivity contribution in [1.82, 2.24) is 4.57 Å². The molecule has 0 spiro atoms. The lowest BCUT2D eigenvalue weighted by Gasteiger charge is -2.12. The summed E-state index contributed by atoms with van der Waals surface area (Å²) in [4.78, 5) is 25.9. The third-order valence-corrected chi connectivity index (χ3v) is 4.19. The Bertz CT molecular complexity index is 1220. The highest BCUT2D eigenvalue weighted by atomic mass is 16.3. The molecule has 0 radical (unpaired) electrons. The van der Waals surface area contributed by atoms with Gasteiger partial charge in [-0.3, -0.25) is 9.59 Å². The van der Waals surface area contributed by atoms with E-state index in [4.69, 9.17) is 4.42 Å². The van der Waals surface area contributed by atoms with Crippen LogP contribution in [-0.2, 0) is 6.42 Å². The molecule has 122 valence electrons. The van der Waals surface area contributed by atoms with Crippen molar-refractivity contribution in [3.8, 4) is 5.69 Å². The molecule has 4 rings (SSSR count). The molecule has 0 saturated heterocycles. The van der Waals surface area contributed by atoms with Gasteiger partial charge in [-0.2, -0.15) is 0 Å². The van der Waals surface area contributed by atoms with E-state index in [1.165, 1.54) is 4.57 Å². The number of rotatable bonds is 3. The summed E-state index contributed by atoms with van der Waals surface area (Å²) in [5, 5.41) is 0.886. The van der Waals surface area contributed by atoms with Crippen molar-refractivity contribution in [3.05, 3.63) is 99.5 Å². The van der Waals surface area contributed by atoms with Crippen molar-refractivity contribution in [1.29, 1.82) is 0 Å². The second-order valence-electron chi connectivity index (χ2n) is 5.78. The van der Waals surface area contributed by atoms with Gasteiger partial charge < -0.3 is 4.42 Å². The van der Waals surface area contributed by atoms with E-state index < -0.39 is 0 Å². The van der Waals surface area contributed by atoms with Crippen molar-refractivity contribution >= 4 is 22.1 Å². The minimum atomic E-state index is -0.211. The van der Waals surface area contributed by atoms with Gasteiger partial charge in [0.2, 0.25) is 11.1 Å². The van der Waals surface area contributed by atoms with Gasteiger partial charge in [0.05, 0.1) is 16.5 Å². The molecule has 0 saturated carbocycles. The van der Waals surface area contributed by atoms with Crippen LogP contribution in [0.4, 0.5) is 0 Å². The average Bonchev–Trinajstić information content (AvgIpc) is 2.64. The van der Waals surface area contributed by atoms with Gasteiger partial charge >= 0.3 is 0 Å². The summed E-state index contributed by atoms with van der Waals surface area (Å²) in [6.45, 7) is 3.70. The molecule has 4 heteroatoms. The lowest BCUT2D eigenvalue weighted by Crippen LogP contribution is -2.24. The predicted octanol–water partition coefficient (Wildman–Crippen LogP) is 3.83. The van der Waals surface area contributed by atoms with E-state index in [1.807, 2.05) is 30.3 Å². The molecule has 0 unspecified atom stereocenters. The van der Waals surface area contributed by atoms with Gasteiger partial charge in [0.1, 0.15) is 5.58 Å². The minimum Gasteiger partial charge on any atom is -0.439 e. The van der Waals surface area contributed by atoms with E-state index in [0.717, 1.165) is 0 Å². The largest absolute Gasteiger partial charge is 0.439 e. The number of para-hydroxylation sites is 2. The van der Waals surface area contributed by atoms with Crippen LogP contribution >= 0.6 is 0 Å². The average molecular weight is 329 g/mol. The first-order chi connectivity index (χ1) is 12.2. The zero-order valence-corrected chi connectivity index (χ0v) is 13.4. The Morgan fingerprint density at radius 3 is 2.44 bits per heavy atom. The van der Waals surface area contributed by atoms with E-state index in [-0.39, 0.29) is 16.7 Å². The molecule has 2 heterocycles. The highest BCUT2D eigenvalue weighted by Gasteiger charge is 2.16. The number of aromatic nitrogens is 1. The molecule has 4 nitrogen and oxygen atoms in total. The van der Waals surface area contributed by atoms with E-state index in [2.05, 4.69) is 6.58 Å². The van der Waals surface area contributed by atoms with Crippen LogP contribution in [0.15, 0.2) is 87.3 Å². The quantitative estimate of drug-likeness (QED) is 0.424. The summed E-state index contributed by atoms with van der Waals surface area (Å²) in [5.74, 6) is 0. The molecule has 0 N–H and O–H groups in total. The summed E-state index contributed by atoms with van der Waals surface area (Å²) in [7, 11) is 0. The molecule has 0 aliphatic heterocycles. The zero-order chi connectivity index (χ0) is 17.4. The Labute approximate surface area is 143 Å². The van der Waals surface area contributed by atoms with Crippen LogP contribution in [-0.4, -0.2) is 4.57 Å². The first kappa shape index (κ1) is 15.1. The SMILES string of the molecule is C=CCc1cc2c(=O)c3ccccc3oc2n(-c2ccccc2)c1=O. The maximum Gasteiger partial charge on any atom is 0.261 e. The van der Waals surface area contributed by atoms with Crippen LogP contribution in [0.2, 0.25) is 0 Å². The van der Waals surface area contributed by atoms with Gasteiger partial charge in [0.25, 0.3) is 5.56 Å². The number of benzene rings is 2.